The zero-order valence-corrected chi connectivity index (χ0v) is 21.9. The smallest absolute Gasteiger partial charge is 0.339 e. The molecule has 0 aromatic rings. The zero-order chi connectivity index (χ0) is 27.2. The van der Waals surface area contributed by atoms with Crippen LogP contribution in [-0.4, -0.2) is 84.6 Å². The Morgan fingerprint density at radius 1 is 1.00 bits per heavy atom. The van der Waals surface area contributed by atoms with E-state index < -0.39 is 58.3 Å². The standard InChI is InChI=1S/C29H32O10/c1-16-6-9-27-14-34-22(31)12-17-7-10-35-28(23(32)25(33)39-24(17)28)8-4-3-5-21(30)38-18-13-20(37-19(27)11-16)29(15-36-29)26(18,27)2/h3-5,8,11-12,18-20,23-24,32H,6-7,9-10,13-15H2,1-2H3. The van der Waals surface area contributed by atoms with Gasteiger partial charge in [0, 0.05) is 24.0 Å². The average molecular weight is 541 g/mol. The molecule has 0 amide bonds. The van der Waals surface area contributed by atoms with E-state index >= 15 is 0 Å². The molecule has 0 radical (unpaired) electrons. The van der Waals surface area contributed by atoms with Crippen LogP contribution in [0.15, 0.2) is 47.6 Å². The molecule has 7 rings (SSSR count). The first kappa shape index (κ1) is 25.2. The van der Waals surface area contributed by atoms with Crippen molar-refractivity contribution >= 4 is 17.9 Å². The van der Waals surface area contributed by atoms with Gasteiger partial charge in [0.25, 0.3) is 0 Å². The third kappa shape index (κ3) is 3.26. The number of cyclic esters (lactones) is 1. The molecule has 39 heavy (non-hydrogen) atoms. The maximum atomic E-state index is 13.3. The van der Waals surface area contributed by atoms with E-state index in [1.165, 1.54) is 36.0 Å². The highest BCUT2D eigenvalue weighted by Crippen LogP contribution is 2.72. The normalized spacial score (nSPS) is 48.4. The van der Waals surface area contributed by atoms with Gasteiger partial charge >= 0.3 is 17.9 Å². The molecule has 208 valence electrons. The third-order valence-electron chi connectivity index (χ3n) is 10.3. The van der Waals surface area contributed by atoms with Crippen LogP contribution in [-0.2, 0) is 42.8 Å². The molecule has 4 bridgehead atoms. The molecule has 5 fully saturated rings. The fourth-order valence-electron chi connectivity index (χ4n) is 8.02. The average Bonchev–Trinajstić information content (AvgIpc) is 3.64. The second-order valence-corrected chi connectivity index (χ2v) is 12.0. The Kier molecular flexibility index (Phi) is 5.40. The van der Waals surface area contributed by atoms with Crippen molar-refractivity contribution in [3.8, 4) is 0 Å². The summed E-state index contributed by atoms with van der Waals surface area (Å²) in [5.41, 5.74) is -1.78. The van der Waals surface area contributed by atoms with Crippen molar-refractivity contribution in [3.05, 3.63) is 47.6 Å². The van der Waals surface area contributed by atoms with Crippen molar-refractivity contribution in [3.63, 3.8) is 0 Å². The first-order valence-corrected chi connectivity index (χ1v) is 13.6. The van der Waals surface area contributed by atoms with Crippen LogP contribution in [0.4, 0.5) is 0 Å². The molecule has 1 N–H and O–H groups in total. The summed E-state index contributed by atoms with van der Waals surface area (Å²) in [6, 6.07) is 0. The van der Waals surface area contributed by atoms with E-state index in [9.17, 15) is 19.5 Å². The Hall–Kier alpha value is -2.79. The minimum Gasteiger partial charge on any atom is -0.462 e. The highest BCUT2D eigenvalue weighted by Gasteiger charge is 2.83. The monoisotopic (exact) mass is 540 g/mol. The lowest BCUT2D eigenvalue weighted by Gasteiger charge is -2.58. The first-order valence-electron chi connectivity index (χ1n) is 13.6. The quantitative estimate of drug-likeness (QED) is 0.209. The second kappa shape index (κ2) is 8.36. The zero-order valence-electron chi connectivity index (χ0n) is 21.9. The van der Waals surface area contributed by atoms with E-state index in [-0.39, 0.29) is 25.4 Å². The molecule has 10 heteroatoms. The summed E-state index contributed by atoms with van der Waals surface area (Å²) < 4.78 is 36.1. The van der Waals surface area contributed by atoms with Crippen LogP contribution in [0.1, 0.15) is 39.5 Å². The molecule has 2 aliphatic carbocycles. The Morgan fingerprint density at radius 3 is 2.62 bits per heavy atom. The fourth-order valence-corrected chi connectivity index (χ4v) is 8.02. The van der Waals surface area contributed by atoms with Gasteiger partial charge in [-0.2, -0.15) is 0 Å². The van der Waals surface area contributed by atoms with Gasteiger partial charge in [0.15, 0.2) is 17.8 Å². The van der Waals surface area contributed by atoms with Gasteiger partial charge in [-0.05, 0) is 37.8 Å². The van der Waals surface area contributed by atoms with Crippen LogP contribution in [0.3, 0.4) is 0 Å². The molecule has 10 nitrogen and oxygen atoms in total. The van der Waals surface area contributed by atoms with Gasteiger partial charge in [-0.1, -0.05) is 30.7 Å². The summed E-state index contributed by atoms with van der Waals surface area (Å²) in [7, 11) is 0. The van der Waals surface area contributed by atoms with Crippen molar-refractivity contribution in [2.24, 2.45) is 10.8 Å². The topological polar surface area (TPSA) is 130 Å². The summed E-state index contributed by atoms with van der Waals surface area (Å²) in [4.78, 5) is 38.7. The Morgan fingerprint density at radius 2 is 1.82 bits per heavy atom. The largest absolute Gasteiger partial charge is 0.462 e. The summed E-state index contributed by atoms with van der Waals surface area (Å²) >= 11 is 0. The number of carbonyl (C=O) groups excluding carboxylic acids is 3. The number of hydrogen-bond donors (Lipinski definition) is 1. The van der Waals surface area contributed by atoms with E-state index in [2.05, 4.69) is 19.9 Å². The molecule has 9 atom stereocenters. The van der Waals surface area contributed by atoms with E-state index in [1.807, 2.05) is 0 Å². The van der Waals surface area contributed by atoms with Crippen LogP contribution >= 0.6 is 0 Å². The van der Waals surface area contributed by atoms with Gasteiger partial charge in [-0.25, -0.2) is 14.4 Å². The number of aliphatic hydroxyl groups is 1. The van der Waals surface area contributed by atoms with E-state index in [1.54, 1.807) is 0 Å². The van der Waals surface area contributed by atoms with Gasteiger partial charge in [-0.15, -0.1) is 0 Å². The summed E-state index contributed by atoms with van der Waals surface area (Å²) in [5.74, 6) is -1.97. The lowest BCUT2D eigenvalue weighted by atomic mass is 9.51. The van der Waals surface area contributed by atoms with Gasteiger partial charge in [0.05, 0.1) is 30.8 Å². The van der Waals surface area contributed by atoms with Crippen molar-refractivity contribution < 1.29 is 47.9 Å². The lowest BCUT2D eigenvalue weighted by molar-refractivity contribution is -0.232. The summed E-state index contributed by atoms with van der Waals surface area (Å²) in [6.07, 6.45) is 7.85. The Labute approximate surface area is 225 Å². The predicted octanol–water partition coefficient (Wildman–Crippen LogP) is 1.61. The molecule has 0 aromatic heterocycles. The van der Waals surface area contributed by atoms with E-state index in [4.69, 9.17) is 28.4 Å². The van der Waals surface area contributed by atoms with Gasteiger partial charge in [-0.3, -0.25) is 0 Å². The van der Waals surface area contributed by atoms with Crippen molar-refractivity contribution in [1.29, 1.82) is 0 Å². The number of rotatable bonds is 0. The van der Waals surface area contributed by atoms with Gasteiger partial charge in [0.2, 0.25) is 0 Å². The maximum Gasteiger partial charge on any atom is 0.339 e. The molecule has 9 unspecified atom stereocenters. The number of epoxide rings is 1. The van der Waals surface area contributed by atoms with Crippen LogP contribution in [0.2, 0.25) is 0 Å². The molecule has 5 aliphatic heterocycles. The molecule has 7 aliphatic rings. The van der Waals surface area contributed by atoms with Crippen LogP contribution < -0.4 is 0 Å². The number of allylic oxidation sites excluding steroid dienone is 3. The minimum absolute atomic E-state index is 0.0386. The third-order valence-corrected chi connectivity index (χ3v) is 10.3. The SMILES string of the molecule is CC1=CC2OC3CC4OC(=O)C=CC=CC56OCCC(=CC(=O)OCC2(CC1)C4(C)C31CO1)C5OC(=O)C6O. The fraction of sp³-hybridized carbons (Fsp3) is 0.621. The number of aliphatic hydroxyl groups excluding tert-OH is 1. The Bertz CT molecular complexity index is 1260. The predicted molar refractivity (Wildman–Crippen MR) is 132 cm³/mol. The van der Waals surface area contributed by atoms with Crippen LogP contribution in [0.25, 0.3) is 0 Å². The summed E-state index contributed by atoms with van der Waals surface area (Å²) in [6.45, 7) is 4.84. The molecular weight excluding hydrogens is 508 g/mol. The number of esters is 3. The van der Waals surface area contributed by atoms with Crippen LogP contribution in [0.5, 0.6) is 0 Å². The maximum absolute atomic E-state index is 13.3. The molecule has 2 spiro atoms. The number of hydrogen-bond acceptors (Lipinski definition) is 10. The number of carbonyl (C=O) groups is 3. The second-order valence-electron chi connectivity index (χ2n) is 12.0. The molecule has 5 heterocycles. The highest BCUT2D eigenvalue weighted by atomic mass is 16.6. The van der Waals surface area contributed by atoms with Crippen molar-refractivity contribution in [2.45, 2.75) is 81.3 Å². The van der Waals surface area contributed by atoms with E-state index in [0.29, 0.717) is 31.4 Å². The minimum atomic E-state index is -1.59. The van der Waals surface area contributed by atoms with Crippen molar-refractivity contribution in [1.82, 2.24) is 0 Å². The lowest BCUT2D eigenvalue weighted by Crippen LogP contribution is -2.66. The summed E-state index contributed by atoms with van der Waals surface area (Å²) in [5, 5.41) is 10.7. The van der Waals surface area contributed by atoms with Gasteiger partial charge in [0.1, 0.15) is 18.3 Å². The van der Waals surface area contributed by atoms with Crippen molar-refractivity contribution in [2.75, 3.05) is 19.8 Å². The first-order chi connectivity index (χ1) is 18.7. The molecule has 4 saturated heterocycles. The molecule has 1 saturated carbocycles. The van der Waals surface area contributed by atoms with Crippen LogP contribution in [0, 0.1) is 10.8 Å². The molecular formula is C29H32O10. The van der Waals surface area contributed by atoms with E-state index in [0.717, 1.165) is 6.42 Å². The Balaban J connectivity index is 1.32. The number of ether oxygens (including phenoxy) is 6. The van der Waals surface area contributed by atoms with Gasteiger partial charge < -0.3 is 33.5 Å². The highest BCUT2D eigenvalue weighted by molar-refractivity contribution is 5.85. The molecule has 0 aromatic carbocycles.